The third-order valence-electron chi connectivity index (χ3n) is 5.10. The van der Waals surface area contributed by atoms with Crippen molar-refractivity contribution in [2.75, 3.05) is 45.7 Å². The van der Waals surface area contributed by atoms with Crippen molar-refractivity contribution in [1.29, 1.82) is 0 Å². The minimum atomic E-state index is 0.157. The van der Waals surface area contributed by atoms with Gasteiger partial charge in [-0.05, 0) is 56.8 Å². The molecule has 0 spiro atoms. The van der Waals surface area contributed by atoms with E-state index in [0.29, 0.717) is 0 Å². The molecule has 138 valence electrons. The standard InChI is InChI=1S/C22H29N3O/c1-23(2)17-21(18-9-5-4-6-10-18)24(3)20-13-11-19(12-14-20)22(26)25-15-7-8-16-25/h4-6,9-14,21H,7-8,15-17H2,1-3H3/t21-/m1/s1. The van der Waals surface area contributed by atoms with E-state index < -0.39 is 0 Å². The number of carbonyl (C=O) groups is 1. The Morgan fingerprint density at radius 3 is 2.15 bits per heavy atom. The molecule has 0 aromatic heterocycles. The Morgan fingerprint density at radius 2 is 1.58 bits per heavy atom. The number of amides is 1. The second-order valence-electron chi connectivity index (χ2n) is 7.35. The zero-order valence-electron chi connectivity index (χ0n) is 16.1. The zero-order valence-corrected chi connectivity index (χ0v) is 16.1. The molecule has 3 rings (SSSR count). The summed E-state index contributed by atoms with van der Waals surface area (Å²) in [5, 5.41) is 0. The Labute approximate surface area is 157 Å². The van der Waals surface area contributed by atoms with Gasteiger partial charge >= 0.3 is 0 Å². The third kappa shape index (κ3) is 4.25. The van der Waals surface area contributed by atoms with Gasteiger partial charge in [-0.3, -0.25) is 4.79 Å². The predicted molar refractivity (Wildman–Crippen MR) is 108 cm³/mol. The molecule has 0 unspecified atom stereocenters. The molecular weight excluding hydrogens is 322 g/mol. The average Bonchev–Trinajstić information content (AvgIpc) is 3.20. The van der Waals surface area contributed by atoms with Crippen LogP contribution < -0.4 is 4.90 Å². The van der Waals surface area contributed by atoms with Crippen molar-refractivity contribution in [1.82, 2.24) is 9.80 Å². The highest BCUT2D eigenvalue weighted by atomic mass is 16.2. The third-order valence-corrected chi connectivity index (χ3v) is 5.10. The topological polar surface area (TPSA) is 26.8 Å². The number of benzene rings is 2. The highest BCUT2D eigenvalue weighted by molar-refractivity contribution is 5.94. The summed E-state index contributed by atoms with van der Waals surface area (Å²) in [5.41, 5.74) is 3.20. The summed E-state index contributed by atoms with van der Waals surface area (Å²) < 4.78 is 0. The second kappa shape index (κ2) is 8.37. The minimum Gasteiger partial charge on any atom is -0.366 e. The fourth-order valence-corrected chi connectivity index (χ4v) is 3.59. The minimum absolute atomic E-state index is 0.157. The normalized spacial score (nSPS) is 15.3. The number of likely N-dealkylation sites (tertiary alicyclic amines) is 1. The quantitative estimate of drug-likeness (QED) is 0.795. The van der Waals surface area contributed by atoms with Gasteiger partial charge in [0.25, 0.3) is 5.91 Å². The van der Waals surface area contributed by atoms with Gasteiger partial charge in [0.1, 0.15) is 0 Å². The van der Waals surface area contributed by atoms with Crippen molar-refractivity contribution in [3.63, 3.8) is 0 Å². The summed E-state index contributed by atoms with van der Waals surface area (Å²) >= 11 is 0. The van der Waals surface area contributed by atoms with Crippen LogP contribution >= 0.6 is 0 Å². The van der Waals surface area contributed by atoms with E-state index in [9.17, 15) is 4.79 Å². The van der Waals surface area contributed by atoms with Gasteiger partial charge in [0, 0.05) is 37.9 Å². The Hall–Kier alpha value is -2.33. The summed E-state index contributed by atoms with van der Waals surface area (Å²) in [6, 6.07) is 18.9. The lowest BCUT2D eigenvalue weighted by Crippen LogP contribution is -2.33. The van der Waals surface area contributed by atoms with E-state index in [4.69, 9.17) is 0 Å². The molecule has 2 aromatic carbocycles. The number of rotatable bonds is 6. The van der Waals surface area contributed by atoms with Gasteiger partial charge in [-0.25, -0.2) is 0 Å². The molecule has 1 amide bonds. The van der Waals surface area contributed by atoms with E-state index in [1.807, 2.05) is 17.0 Å². The summed E-state index contributed by atoms with van der Waals surface area (Å²) in [6.07, 6.45) is 2.24. The molecule has 1 aliphatic heterocycles. The van der Waals surface area contributed by atoms with E-state index in [0.717, 1.165) is 43.7 Å². The lowest BCUT2D eigenvalue weighted by molar-refractivity contribution is 0.0793. The van der Waals surface area contributed by atoms with Gasteiger partial charge < -0.3 is 14.7 Å². The fourth-order valence-electron chi connectivity index (χ4n) is 3.59. The van der Waals surface area contributed by atoms with Gasteiger partial charge in [0.15, 0.2) is 0 Å². The molecule has 1 atom stereocenters. The fraction of sp³-hybridized carbons (Fsp3) is 0.409. The summed E-state index contributed by atoms with van der Waals surface area (Å²) in [7, 11) is 6.32. The van der Waals surface area contributed by atoms with Crippen molar-refractivity contribution >= 4 is 11.6 Å². The second-order valence-corrected chi connectivity index (χ2v) is 7.35. The van der Waals surface area contributed by atoms with Gasteiger partial charge in [-0.15, -0.1) is 0 Å². The molecule has 2 aromatic rings. The maximum Gasteiger partial charge on any atom is 0.253 e. The zero-order chi connectivity index (χ0) is 18.5. The highest BCUT2D eigenvalue weighted by Crippen LogP contribution is 2.27. The van der Waals surface area contributed by atoms with Crippen molar-refractivity contribution < 1.29 is 4.79 Å². The van der Waals surface area contributed by atoms with Crippen molar-refractivity contribution in [2.45, 2.75) is 18.9 Å². The Morgan fingerprint density at radius 1 is 0.962 bits per heavy atom. The molecule has 0 bridgehead atoms. The molecule has 0 saturated carbocycles. The lowest BCUT2D eigenvalue weighted by Gasteiger charge is -2.32. The first kappa shape index (κ1) is 18.5. The number of nitrogens with zero attached hydrogens (tertiary/aromatic N) is 3. The Balaban J connectivity index is 1.78. The first-order valence-electron chi connectivity index (χ1n) is 9.38. The molecule has 4 nitrogen and oxygen atoms in total. The van der Waals surface area contributed by atoms with Gasteiger partial charge in [-0.2, -0.15) is 0 Å². The number of carbonyl (C=O) groups excluding carboxylic acids is 1. The first-order valence-corrected chi connectivity index (χ1v) is 9.38. The number of hydrogen-bond donors (Lipinski definition) is 0. The summed E-state index contributed by atoms with van der Waals surface area (Å²) in [4.78, 5) is 19.0. The van der Waals surface area contributed by atoms with Crippen molar-refractivity contribution in [3.05, 3.63) is 65.7 Å². The first-order chi connectivity index (χ1) is 12.6. The van der Waals surface area contributed by atoms with E-state index in [1.54, 1.807) is 0 Å². The average molecular weight is 351 g/mol. The summed E-state index contributed by atoms with van der Waals surface area (Å²) in [5.74, 6) is 0.157. The number of likely N-dealkylation sites (N-methyl/N-ethyl adjacent to an activating group) is 2. The van der Waals surface area contributed by atoms with Crippen LogP contribution in [0.1, 0.15) is 34.8 Å². The molecule has 0 radical (unpaired) electrons. The molecule has 4 heteroatoms. The van der Waals surface area contributed by atoms with Crippen LogP contribution in [0.5, 0.6) is 0 Å². The maximum atomic E-state index is 12.5. The van der Waals surface area contributed by atoms with E-state index in [1.165, 1.54) is 5.56 Å². The molecule has 1 fully saturated rings. The van der Waals surface area contributed by atoms with Crippen LogP contribution in [0.4, 0.5) is 5.69 Å². The lowest BCUT2D eigenvalue weighted by atomic mass is 10.0. The molecule has 1 aliphatic rings. The van der Waals surface area contributed by atoms with E-state index in [2.05, 4.69) is 73.4 Å². The van der Waals surface area contributed by atoms with Crippen LogP contribution in [-0.4, -0.2) is 56.5 Å². The largest absolute Gasteiger partial charge is 0.366 e. The monoisotopic (exact) mass is 351 g/mol. The van der Waals surface area contributed by atoms with Crippen molar-refractivity contribution in [2.24, 2.45) is 0 Å². The molecule has 26 heavy (non-hydrogen) atoms. The van der Waals surface area contributed by atoms with Crippen LogP contribution in [0.25, 0.3) is 0 Å². The smallest absolute Gasteiger partial charge is 0.253 e. The molecule has 0 aliphatic carbocycles. The Bertz CT molecular complexity index is 706. The van der Waals surface area contributed by atoms with Gasteiger partial charge in [0.2, 0.25) is 0 Å². The summed E-state index contributed by atoms with van der Waals surface area (Å²) in [6.45, 7) is 2.70. The number of hydrogen-bond acceptors (Lipinski definition) is 3. The van der Waals surface area contributed by atoms with Crippen LogP contribution in [0.2, 0.25) is 0 Å². The van der Waals surface area contributed by atoms with Gasteiger partial charge in [0.05, 0.1) is 6.04 Å². The van der Waals surface area contributed by atoms with Crippen LogP contribution in [0, 0.1) is 0 Å². The SMILES string of the molecule is CN(C)C[C@H](c1ccccc1)N(C)c1ccc(C(=O)N2CCCC2)cc1. The number of anilines is 1. The van der Waals surface area contributed by atoms with Crippen LogP contribution in [-0.2, 0) is 0 Å². The molecule has 1 saturated heterocycles. The highest BCUT2D eigenvalue weighted by Gasteiger charge is 2.21. The van der Waals surface area contributed by atoms with Gasteiger partial charge in [-0.1, -0.05) is 30.3 Å². The molecule has 0 N–H and O–H groups in total. The molecule has 1 heterocycles. The predicted octanol–water partition coefficient (Wildman–Crippen LogP) is 3.66. The van der Waals surface area contributed by atoms with E-state index in [-0.39, 0.29) is 11.9 Å². The van der Waals surface area contributed by atoms with Crippen molar-refractivity contribution in [3.8, 4) is 0 Å². The van der Waals surface area contributed by atoms with E-state index >= 15 is 0 Å². The Kier molecular flexibility index (Phi) is 5.94. The van der Waals surface area contributed by atoms with Crippen LogP contribution in [0.15, 0.2) is 54.6 Å². The molecular formula is C22H29N3O. The van der Waals surface area contributed by atoms with Crippen LogP contribution in [0.3, 0.4) is 0 Å². The maximum absolute atomic E-state index is 12.5.